The van der Waals surface area contributed by atoms with Crippen LogP contribution in [-0.2, 0) is 11.3 Å². The van der Waals surface area contributed by atoms with Crippen molar-refractivity contribution >= 4 is 11.6 Å². The van der Waals surface area contributed by atoms with Crippen molar-refractivity contribution in [3.05, 3.63) is 65.2 Å². The first kappa shape index (κ1) is 17.0. The largest absolute Gasteiger partial charge is 0.323 e. The molecule has 0 radical (unpaired) electrons. The van der Waals surface area contributed by atoms with Crippen molar-refractivity contribution in [2.75, 3.05) is 11.9 Å². The molecule has 3 nitrogen and oxygen atoms in total. The second-order valence-corrected chi connectivity index (χ2v) is 4.82. The lowest BCUT2D eigenvalue weighted by Crippen LogP contribution is -2.22. The summed E-state index contributed by atoms with van der Waals surface area (Å²) in [5.74, 6) is -5.25. The van der Waals surface area contributed by atoms with E-state index in [9.17, 15) is 22.4 Å². The van der Waals surface area contributed by atoms with Crippen LogP contribution in [0.2, 0.25) is 0 Å². The van der Waals surface area contributed by atoms with Gasteiger partial charge in [-0.2, -0.15) is 0 Å². The number of halogens is 4. The Labute approximate surface area is 130 Å². The standard InChI is InChI=1S/C16H14F4N2O/c17-11-3-1-10(2-4-11)9-21-8-7-14(23)22-13-6-5-12(18)15(19)16(13)20/h1-6,21H,7-9H2,(H,22,23). The number of rotatable bonds is 6. The van der Waals surface area contributed by atoms with Crippen molar-refractivity contribution in [3.8, 4) is 0 Å². The number of nitrogens with one attached hydrogen (secondary N) is 2. The fourth-order valence-corrected chi connectivity index (χ4v) is 1.87. The van der Waals surface area contributed by atoms with E-state index in [0.29, 0.717) is 6.54 Å². The van der Waals surface area contributed by atoms with E-state index >= 15 is 0 Å². The molecule has 23 heavy (non-hydrogen) atoms. The van der Waals surface area contributed by atoms with E-state index in [1.165, 1.54) is 12.1 Å². The molecule has 122 valence electrons. The smallest absolute Gasteiger partial charge is 0.225 e. The highest BCUT2D eigenvalue weighted by Crippen LogP contribution is 2.19. The fourth-order valence-electron chi connectivity index (χ4n) is 1.87. The third-order valence-electron chi connectivity index (χ3n) is 3.08. The van der Waals surface area contributed by atoms with Gasteiger partial charge in [0.15, 0.2) is 17.5 Å². The first-order valence-electron chi connectivity index (χ1n) is 6.86. The summed E-state index contributed by atoms with van der Waals surface area (Å²) >= 11 is 0. The number of hydrogen-bond donors (Lipinski definition) is 2. The first-order chi connectivity index (χ1) is 11.0. The summed E-state index contributed by atoms with van der Waals surface area (Å²) in [5, 5.41) is 5.14. The van der Waals surface area contributed by atoms with Crippen LogP contribution < -0.4 is 10.6 Å². The lowest BCUT2D eigenvalue weighted by Gasteiger charge is -2.08. The van der Waals surface area contributed by atoms with Gasteiger partial charge in [-0.05, 0) is 29.8 Å². The molecule has 2 rings (SSSR count). The molecule has 2 aromatic rings. The lowest BCUT2D eigenvalue weighted by atomic mass is 10.2. The Morgan fingerprint density at radius 3 is 2.30 bits per heavy atom. The third kappa shape index (κ3) is 4.79. The highest BCUT2D eigenvalue weighted by Gasteiger charge is 2.14. The van der Waals surface area contributed by atoms with Crippen molar-refractivity contribution in [2.24, 2.45) is 0 Å². The molecule has 0 spiro atoms. The van der Waals surface area contributed by atoms with Gasteiger partial charge in [-0.15, -0.1) is 0 Å². The average Bonchev–Trinajstić information content (AvgIpc) is 2.54. The molecule has 0 atom stereocenters. The molecular weight excluding hydrogens is 312 g/mol. The first-order valence-corrected chi connectivity index (χ1v) is 6.86. The fraction of sp³-hybridized carbons (Fsp3) is 0.188. The maximum absolute atomic E-state index is 13.4. The number of anilines is 1. The molecule has 0 unspecified atom stereocenters. The molecule has 0 aliphatic heterocycles. The molecule has 2 N–H and O–H groups in total. The predicted molar refractivity (Wildman–Crippen MR) is 77.7 cm³/mol. The van der Waals surface area contributed by atoms with Crippen LogP contribution in [0, 0.1) is 23.3 Å². The van der Waals surface area contributed by atoms with Gasteiger partial charge < -0.3 is 10.6 Å². The minimum atomic E-state index is -1.63. The number of carbonyl (C=O) groups excluding carboxylic acids is 1. The minimum absolute atomic E-state index is 0.0135. The van der Waals surface area contributed by atoms with Crippen LogP contribution in [0.1, 0.15) is 12.0 Å². The molecule has 0 bridgehead atoms. The Morgan fingerprint density at radius 1 is 0.913 bits per heavy atom. The van der Waals surface area contributed by atoms with Crippen molar-refractivity contribution in [2.45, 2.75) is 13.0 Å². The van der Waals surface area contributed by atoms with E-state index in [1.54, 1.807) is 12.1 Å². The van der Waals surface area contributed by atoms with Crippen LogP contribution in [0.15, 0.2) is 36.4 Å². The van der Waals surface area contributed by atoms with Gasteiger partial charge in [0.05, 0.1) is 5.69 Å². The van der Waals surface area contributed by atoms with Crippen LogP contribution in [0.3, 0.4) is 0 Å². The normalized spacial score (nSPS) is 10.6. The van der Waals surface area contributed by atoms with Gasteiger partial charge in [-0.25, -0.2) is 17.6 Å². The Hall–Kier alpha value is -2.41. The van der Waals surface area contributed by atoms with Crippen LogP contribution in [-0.4, -0.2) is 12.5 Å². The van der Waals surface area contributed by atoms with Gasteiger partial charge >= 0.3 is 0 Å². The average molecular weight is 326 g/mol. The second kappa shape index (κ2) is 7.73. The topological polar surface area (TPSA) is 41.1 Å². The Morgan fingerprint density at radius 2 is 1.61 bits per heavy atom. The minimum Gasteiger partial charge on any atom is -0.323 e. The van der Waals surface area contributed by atoms with Crippen LogP contribution in [0.5, 0.6) is 0 Å². The van der Waals surface area contributed by atoms with Crippen LogP contribution in [0.4, 0.5) is 23.2 Å². The van der Waals surface area contributed by atoms with Gasteiger partial charge in [0, 0.05) is 19.5 Å². The third-order valence-corrected chi connectivity index (χ3v) is 3.08. The SMILES string of the molecule is O=C(CCNCc1ccc(F)cc1)Nc1ccc(F)c(F)c1F. The molecule has 0 aromatic heterocycles. The van der Waals surface area contributed by atoms with Gasteiger partial charge in [0.25, 0.3) is 0 Å². The van der Waals surface area contributed by atoms with E-state index in [2.05, 4.69) is 10.6 Å². The number of amides is 1. The van der Waals surface area contributed by atoms with E-state index in [0.717, 1.165) is 17.7 Å². The molecule has 2 aromatic carbocycles. The summed E-state index contributed by atoms with van der Waals surface area (Å²) in [6.07, 6.45) is 0.0135. The Balaban J connectivity index is 1.77. The zero-order chi connectivity index (χ0) is 16.8. The summed E-state index contributed by atoms with van der Waals surface area (Å²) in [6.45, 7) is 0.724. The zero-order valence-electron chi connectivity index (χ0n) is 12.0. The van der Waals surface area contributed by atoms with E-state index in [-0.39, 0.29) is 18.8 Å². The van der Waals surface area contributed by atoms with Crippen molar-refractivity contribution in [3.63, 3.8) is 0 Å². The lowest BCUT2D eigenvalue weighted by molar-refractivity contribution is -0.116. The van der Waals surface area contributed by atoms with Crippen molar-refractivity contribution < 1.29 is 22.4 Å². The van der Waals surface area contributed by atoms with Gasteiger partial charge in [-0.1, -0.05) is 12.1 Å². The highest BCUT2D eigenvalue weighted by atomic mass is 19.2. The second-order valence-electron chi connectivity index (χ2n) is 4.82. The summed E-state index contributed by atoms with van der Waals surface area (Å²) in [6, 6.07) is 7.57. The number of carbonyl (C=O) groups is 1. The maximum atomic E-state index is 13.4. The molecule has 0 saturated carbocycles. The summed E-state index contributed by atoms with van der Waals surface area (Å²) in [4.78, 5) is 11.6. The molecular formula is C16H14F4N2O. The Kier molecular flexibility index (Phi) is 5.70. The maximum Gasteiger partial charge on any atom is 0.225 e. The number of benzene rings is 2. The Bertz CT molecular complexity index is 689. The quantitative estimate of drug-likeness (QED) is 0.485. The van der Waals surface area contributed by atoms with E-state index in [4.69, 9.17) is 0 Å². The van der Waals surface area contributed by atoms with E-state index in [1.807, 2.05) is 0 Å². The van der Waals surface area contributed by atoms with E-state index < -0.39 is 29.0 Å². The van der Waals surface area contributed by atoms with Gasteiger partial charge in [-0.3, -0.25) is 4.79 Å². The van der Waals surface area contributed by atoms with Crippen molar-refractivity contribution in [1.29, 1.82) is 0 Å². The van der Waals surface area contributed by atoms with Gasteiger partial charge in [0.2, 0.25) is 5.91 Å². The summed E-state index contributed by atoms with van der Waals surface area (Å²) in [5.41, 5.74) is 0.436. The molecule has 0 aliphatic rings. The van der Waals surface area contributed by atoms with Crippen molar-refractivity contribution in [1.82, 2.24) is 5.32 Å². The molecule has 0 saturated heterocycles. The summed E-state index contributed by atoms with van der Waals surface area (Å²) < 4.78 is 51.9. The predicted octanol–water partition coefficient (Wildman–Crippen LogP) is 3.36. The molecule has 7 heteroatoms. The monoisotopic (exact) mass is 326 g/mol. The zero-order valence-corrected chi connectivity index (χ0v) is 12.0. The molecule has 1 amide bonds. The molecule has 0 aliphatic carbocycles. The van der Waals surface area contributed by atoms with Crippen LogP contribution >= 0.6 is 0 Å². The van der Waals surface area contributed by atoms with Gasteiger partial charge in [0.1, 0.15) is 5.82 Å². The number of hydrogen-bond acceptors (Lipinski definition) is 2. The molecule has 0 fully saturated rings. The summed E-state index contributed by atoms with van der Waals surface area (Å²) in [7, 11) is 0. The highest BCUT2D eigenvalue weighted by molar-refractivity contribution is 5.90. The molecule has 0 heterocycles. The van der Waals surface area contributed by atoms with Crippen LogP contribution in [0.25, 0.3) is 0 Å².